The lowest BCUT2D eigenvalue weighted by Gasteiger charge is -2.24. The Kier molecular flexibility index (Phi) is 7.96. The zero-order chi connectivity index (χ0) is 24.5. The van der Waals surface area contributed by atoms with Gasteiger partial charge in [-0.05, 0) is 47.5 Å². The zero-order valence-electron chi connectivity index (χ0n) is 19.7. The molecular weight excluding hydrogens is 440 g/mol. The summed E-state index contributed by atoms with van der Waals surface area (Å²) in [5.41, 5.74) is 2.54. The van der Waals surface area contributed by atoms with Crippen LogP contribution in [0, 0.1) is 0 Å². The van der Waals surface area contributed by atoms with Crippen molar-refractivity contribution < 1.29 is 18.7 Å². The van der Waals surface area contributed by atoms with Crippen LogP contribution in [0.4, 0.5) is 5.69 Å². The number of furan rings is 1. The number of anilines is 1. The van der Waals surface area contributed by atoms with Crippen molar-refractivity contribution in [2.75, 3.05) is 18.6 Å². The van der Waals surface area contributed by atoms with Crippen LogP contribution in [-0.4, -0.2) is 30.4 Å². The molecule has 3 aromatic carbocycles. The Hall–Kier alpha value is -4.32. The molecule has 0 spiro atoms. The summed E-state index contributed by atoms with van der Waals surface area (Å²) in [6.45, 7) is 0.709. The lowest BCUT2D eigenvalue weighted by Crippen LogP contribution is -2.34. The van der Waals surface area contributed by atoms with Crippen molar-refractivity contribution in [1.82, 2.24) is 4.90 Å². The van der Waals surface area contributed by atoms with Gasteiger partial charge in [0.1, 0.15) is 11.5 Å². The SMILES string of the molecule is CN(Cc1ccco1)C(=O)Cc1cccc(N(Cc2ccccc2)C(=O)COc2ccccc2)c1. The molecule has 4 aromatic rings. The number of carbonyl (C=O) groups is 2. The first-order valence-corrected chi connectivity index (χ1v) is 11.5. The summed E-state index contributed by atoms with van der Waals surface area (Å²) in [4.78, 5) is 29.4. The number of amides is 2. The topological polar surface area (TPSA) is 63.0 Å². The standard InChI is InChI=1S/C29H28N2O4/c1-30(21-27-16-9-17-34-27)28(32)19-24-12-8-13-25(18-24)31(20-23-10-4-2-5-11-23)29(33)22-35-26-14-6-3-7-15-26/h2-18H,19-22H2,1H3. The molecule has 0 aliphatic heterocycles. The van der Waals surface area contributed by atoms with Crippen molar-refractivity contribution in [3.8, 4) is 5.75 Å². The molecule has 0 aliphatic carbocycles. The highest BCUT2D eigenvalue weighted by molar-refractivity contribution is 5.94. The monoisotopic (exact) mass is 468 g/mol. The zero-order valence-corrected chi connectivity index (χ0v) is 19.7. The maximum Gasteiger partial charge on any atom is 0.265 e. The second-order valence-electron chi connectivity index (χ2n) is 8.24. The maximum atomic E-state index is 13.3. The van der Waals surface area contributed by atoms with Crippen LogP contribution < -0.4 is 9.64 Å². The van der Waals surface area contributed by atoms with Crippen LogP contribution >= 0.6 is 0 Å². The first-order chi connectivity index (χ1) is 17.1. The Balaban J connectivity index is 1.49. The van der Waals surface area contributed by atoms with E-state index in [1.807, 2.05) is 91.0 Å². The van der Waals surface area contributed by atoms with Crippen molar-refractivity contribution in [1.29, 1.82) is 0 Å². The fourth-order valence-corrected chi connectivity index (χ4v) is 3.70. The number of hydrogen-bond donors (Lipinski definition) is 0. The largest absolute Gasteiger partial charge is 0.484 e. The summed E-state index contributed by atoms with van der Waals surface area (Å²) in [6, 6.07) is 30.3. The van der Waals surface area contributed by atoms with Crippen molar-refractivity contribution in [3.05, 3.63) is 120 Å². The molecule has 0 N–H and O–H groups in total. The first kappa shape index (κ1) is 23.8. The van der Waals surface area contributed by atoms with Gasteiger partial charge in [-0.25, -0.2) is 0 Å². The third kappa shape index (κ3) is 6.84. The van der Waals surface area contributed by atoms with E-state index in [1.54, 1.807) is 29.2 Å². The van der Waals surface area contributed by atoms with Crippen molar-refractivity contribution >= 4 is 17.5 Å². The Morgan fingerprint density at radius 2 is 1.49 bits per heavy atom. The van der Waals surface area contributed by atoms with E-state index in [4.69, 9.17) is 9.15 Å². The first-order valence-electron chi connectivity index (χ1n) is 11.5. The van der Waals surface area contributed by atoms with Gasteiger partial charge in [0.05, 0.1) is 25.8 Å². The fraction of sp³-hybridized carbons (Fsp3) is 0.172. The molecule has 0 saturated carbocycles. The molecule has 6 nitrogen and oxygen atoms in total. The lowest BCUT2D eigenvalue weighted by molar-refractivity contribution is -0.129. The van der Waals surface area contributed by atoms with Gasteiger partial charge in [-0.15, -0.1) is 0 Å². The van der Waals surface area contributed by atoms with Crippen molar-refractivity contribution in [3.63, 3.8) is 0 Å². The third-order valence-corrected chi connectivity index (χ3v) is 5.57. The van der Waals surface area contributed by atoms with Gasteiger partial charge in [0, 0.05) is 12.7 Å². The normalized spacial score (nSPS) is 10.5. The van der Waals surface area contributed by atoms with Crippen LogP contribution in [0.2, 0.25) is 0 Å². The van der Waals surface area contributed by atoms with E-state index in [0.717, 1.165) is 22.6 Å². The van der Waals surface area contributed by atoms with Crippen LogP contribution in [0.15, 0.2) is 108 Å². The van der Waals surface area contributed by atoms with E-state index in [-0.39, 0.29) is 24.8 Å². The van der Waals surface area contributed by atoms with Gasteiger partial charge in [0.15, 0.2) is 6.61 Å². The summed E-state index contributed by atoms with van der Waals surface area (Å²) in [7, 11) is 1.75. The highest BCUT2D eigenvalue weighted by Crippen LogP contribution is 2.21. The predicted molar refractivity (Wildman–Crippen MR) is 135 cm³/mol. The predicted octanol–water partition coefficient (Wildman–Crippen LogP) is 5.09. The van der Waals surface area contributed by atoms with E-state index in [9.17, 15) is 9.59 Å². The number of benzene rings is 3. The highest BCUT2D eigenvalue weighted by atomic mass is 16.5. The third-order valence-electron chi connectivity index (χ3n) is 5.57. The van der Waals surface area contributed by atoms with Crippen LogP contribution in [-0.2, 0) is 29.1 Å². The number of para-hydroxylation sites is 1. The maximum absolute atomic E-state index is 13.3. The van der Waals surface area contributed by atoms with Gasteiger partial charge in [-0.2, -0.15) is 0 Å². The second-order valence-corrected chi connectivity index (χ2v) is 8.24. The highest BCUT2D eigenvalue weighted by Gasteiger charge is 2.19. The van der Waals surface area contributed by atoms with Gasteiger partial charge in [-0.1, -0.05) is 60.7 Å². The summed E-state index contributed by atoms with van der Waals surface area (Å²) in [6.07, 6.45) is 1.82. The number of ether oxygens (including phenoxy) is 1. The number of nitrogens with zero attached hydrogens (tertiary/aromatic N) is 2. The smallest absolute Gasteiger partial charge is 0.265 e. The summed E-state index contributed by atoms with van der Waals surface area (Å²) < 4.78 is 11.1. The second kappa shape index (κ2) is 11.7. The molecule has 0 unspecified atom stereocenters. The van der Waals surface area contributed by atoms with E-state index < -0.39 is 0 Å². The molecule has 178 valence electrons. The van der Waals surface area contributed by atoms with Crippen molar-refractivity contribution in [2.45, 2.75) is 19.5 Å². The molecular formula is C29H28N2O4. The average molecular weight is 469 g/mol. The molecule has 35 heavy (non-hydrogen) atoms. The minimum absolute atomic E-state index is 0.0353. The lowest BCUT2D eigenvalue weighted by atomic mass is 10.1. The summed E-state index contributed by atoms with van der Waals surface area (Å²) in [5, 5.41) is 0. The molecule has 0 bridgehead atoms. The summed E-state index contributed by atoms with van der Waals surface area (Å²) in [5.74, 6) is 1.16. The van der Waals surface area contributed by atoms with Crippen LogP contribution in [0.3, 0.4) is 0 Å². The summed E-state index contributed by atoms with van der Waals surface area (Å²) >= 11 is 0. The molecule has 6 heteroatoms. The van der Waals surface area contributed by atoms with E-state index in [0.29, 0.717) is 18.8 Å². The Morgan fingerprint density at radius 1 is 0.771 bits per heavy atom. The Bertz CT molecular complexity index is 1220. The number of likely N-dealkylation sites (N-methyl/N-ethyl adjacent to an activating group) is 1. The molecule has 1 aromatic heterocycles. The van der Waals surface area contributed by atoms with Gasteiger partial charge in [0.2, 0.25) is 5.91 Å². The minimum Gasteiger partial charge on any atom is -0.484 e. The van der Waals surface area contributed by atoms with Crippen molar-refractivity contribution in [2.24, 2.45) is 0 Å². The van der Waals surface area contributed by atoms with Crippen LogP contribution in [0.25, 0.3) is 0 Å². The number of hydrogen-bond acceptors (Lipinski definition) is 4. The Labute approximate surface area is 205 Å². The van der Waals surface area contributed by atoms with Gasteiger partial charge < -0.3 is 19.0 Å². The molecule has 0 radical (unpaired) electrons. The van der Waals surface area contributed by atoms with Crippen LogP contribution in [0.1, 0.15) is 16.9 Å². The average Bonchev–Trinajstić information content (AvgIpc) is 3.40. The minimum atomic E-state index is -0.170. The molecule has 2 amide bonds. The Morgan fingerprint density at radius 3 is 2.20 bits per heavy atom. The molecule has 0 aliphatic rings. The van der Waals surface area contributed by atoms with E-state index >= 15 is 0 Å². The molecule has 4 rings (SSSR count). The van der Waals surface area contributed by atoms with Gasteiger partial charge in [-0.3, -0.25) is 9.59 Å². The quantitative estimate of drug-likeness (QED) is 0.325. The van der Waals surface area contributed by atoms with Crippen LogP contribution in [0.5, 0.6) is 5.75 Å². The van der Waals surface area contributed by atoms with E-state index in [2.05, 4.69) is 0 Å². The van der Waals surface area contributed by atoms with Gasteiger partial charge in [0.25, 0.3) is 5.91 Å². The molecule has 0 fully saturated rings. The molecule has 0 saturated heterocycles. The number of rotatable bonds is 10. The fourth-order valence-electron chi connectivity index (χ4n) is 3.70. The molecule has 1 heterocycles. The van der Waals surface area contributed by atoms with Gasteiger partial charge >= 0.3 is 0 Å². The van der Waals surface area contributed by atoms with E-state index in [1.165, 1.54) is 0 Å². The molecule has 0 atom stereocenters. The number of carbonyl (C=O) groups excluding carboxylic acids is 2.